The van der Waals surface area contributed by atoms with E-state index in [1.165, 1.54) is 4.88 Å². The Morgan fingerprint density at radius 2 is 2.50 bits per heavy atom. The van der Waals surface area contributed by atoms with Crippen molar-refractivity contribution in [1.82, 2.24) is 9.88 Å². The Morgan fingerprint density at radius 1 is 1.75 bits per heavy atom. The van der Waals surface area contributed by atoms with E-state index in [0.29, 0.717) is 6.54 Å². The first-order valence-corrected chi connectivity index (χ1v) is 4.57. The van der Waals surface area contributed by atoms with Gasteiger partial charge in [0.2, 0.25) is 0 Å². The minimum Gasteiger partial charge on any atom is -0.289 e. The van der Waals surface area contributed by atoms with E-state index < -0.39 is 0 Å². The fourth-order valence-electron chi connectivity index (χ4n) is 0.917. The summed E-state index contributed by atoms with van der Waals surface area (Å²) in [7, 11) is 2.00. The van der Waals surface area contributed by atoms with Gasteiger partial charge in [-0.2, -0.15) is 0 Å². The molecule has 0 amide bonds. The van der Waals surface area contributed by atoms with Crippen LogP contribution in [-0.2, 0) is 6.54 Å². The highest BCUT2D eigenvalue weighted by atomic mass is 32.1. The lowest BCUT2D eigenvalue weighted by Crippen LogP contribution is -2.17. The Kier molecular flexibility index (Phi) is 3.27. The van der Waals surface area contributed by atoms with E-state index in [0.717, 1.165) is 11.6 Å². The maximum absolute atomic E-state index is 5.18. The maximum atomic E-state index is 5.18. The van der Waals surface area contributed by atoms with Crippen LogP contribution in [0.1, 0.15) is 9.88 Å². The number of terminal acetylenes is 1. The fraction of sp³-hybridized carbons (Fsp3) is 0.444. The minimum atomic E-state index is 0.679. The molecule has 0 radical (unpaired) electrons. The Morgan fingerprint density at radius 3 is 3.00 bits per heavy atom. The molecule has 0 fully saturated rings. The topological polar surface area (TPSA) is 16.1 Å². The summed E-state index contributed by atoms with van der Waals surface area (Å²) >= 11 is 1.72. The van der Waals surface area contributed by atoms with Crippen molar-refractivity contribution in [3.63, 3.8) is 0 Å². The van der Waals surface area contributed by atoms with Crippen molar-refractivity contribution >= 4 is 11.3 Å². The summed E-state index contributed by atoms with van der Waals surface area (Å²) in [5.41, 5.74) is 0. The smallest absolute Gasteiger partial charge is 0.107 e. The van der Waals surface area contributed by atoms with Gasteiger partial charge in [0.1, 0.15) is 5.01 Å². The highest BCUT2D eigenvalue weighted by Gasteiger charge is 2.01. The van der Waals surface area contributed by atoms with E-state index in [1.54, 1.807) is 11.3 Å². The Bertz CT molecular complexity index is 285. The summed E-state index contributed by atoms with van der Waals surface area (Å²) in [6.45, 7) is 3.59. The highest BCUT2D eigenvalue weighted by molar-refractivity contribution is 7.11. The lowest BCUT2D eigenvalue weighted by molar-refractivity contribution is 0.368. The van der Waals surface area contributed by atoms with Crippen molar-refractivity contribution in [2.45, 2.75) is 13.5 Å². The van der Waals surface area contributed by atoms with Crippen molar-refractivity contribution in [3.05, 3.63) is 16.1 Å². The van der Waals surface area contributed by atoms with Crippen LogP contribution in [0, 0.1) is 19.3 Å². The van der Waals surface area contributed by atoms with Crippen molar-refractivity contribution < 1.29 is 0 Å². The molecule has 0 unspecified atom stereocenters. The van der Waals surface area contributed by atoms with E-state index in [-0.39, 0.29) is 0 Å². The molecule has 0 aliphatic rings. The van der Waals surface area contributed by atoms with E-state index >= 15 is 0 Å². The number of nitrogens with zero attached hydrogens (tertiary/aromatic N) is 2. The lowest BCUT2D eigenvalue weighted by atomic mass is 10.5. The van der Waals surface area contributed by atoms with E-state index in [4.69, 9.17) is 6.42 Å². The molecule has 0 aliphatic heterocycles. The van der Waals surface area contributed by atoms with E-state index in [1.807, 2.05) is 13.2 Å². The molecule has 0 aromatic carbocycles. The van der Waals surface area contributed by atoms with Crippen LogP contribution in [0.2, 0.25) is 0 Å². The molecule has 0 bridgehead atoms. The number of rotatable bonds is 3. The van der Waals surface area contributed by atoms with Crippen molar-refractivity contribution in [3.8, 4) is 12.3 Å². The molecule has 12 heavy (non-hydrogen) atoms. The molecule has 64 valence electrons. The van der Waals surface area contributed by atoms with Gasteiger partial charge in [0.15, 0.2) is 0 Å². The standard InChI is InChI=1S/C9H12N2S/c1-4-5-11(3)7-9-10-6-8(2)12-9/h1,6H,5,7H2,2-3H3. The first-order chi connectivity index (χ1) is 5.72. The van der Waals surface area contributed by atoms with Gasteiger partial charge in [0, 0.05) is 11.1 Å². The SMILES string of the molecule is C#CCN(C)Cc1ncc(C)s1. The number of aryl methyl sites for hydroxylation is 1. The molecule has 0 saturated carbocycles. The predicted molar refractivity (Wildman–Crippen MR) is 52.0 cm³/mol. The largest absolute Gasteiger partial charge is 0.289 e. The van der Waals surface area contributed by atoms with Crippen molar-refractivity contribution in [2.75, 3.05) is 13.6 Å². The summed E-state index contributed by atoms with van der Waals surface area (Å²) in [4.78, 5) is 7.56. The number of hydrogen-bond acceptors (Lipinski definition) is 3. The summed E-state index contributed by atoms with van der Waals surface area (Å²) in [6, 6.07) is 0. The third-order valence-corrected chi connectivity index (χ3v) is 2.33. The van der Waals surface area contributed by atoms with E-state index in [9.17, 15) is 0 Å². The van der Waals surface area contributed by atoms with Gasteiger partial charge in [0.05, 0.1) is 13.1 Å². The van der Waals surface area contributed by atoms with Crippen LogP contribution in [0.25, 0.3) is 0 Å². The zero-order valence-electron chi connectivity index (χ0n) is 7.37. The first kappa shape index (κ1) is 9.24. The summed E-state index contributed by atoms with van der Waals surface area (Å²) in [5.74, 6) is 2.60. The highest BCUT2D eigenvalue weighted by Crippen LogP contribution is 2.12. The number of thiazole rings is 1. The maximum Gasteiger partial charge on any atom is 0.107 e. The molecule has 0 spiro atoms. The van der Waals surface area contributed by atoms with Gasteiger partial charge in [-0.3, -0.25) is 4.90 Å². The lowest BCUT2D eigenvalue weighted by Gasteiger charge is -2.09. The quantitative estimate of drug-likeness (QED) is 0.656. The molecular formula is C9H12N2S. The zero-order chi connectivity index (χ0) is 8.97. The third kappa shape index (κ3) is 2.65. The molecule has 0 saturated heterocycles. The van der Waals surface area contributed by atoms with Crippen LogP contribution in [0.4, 0.5) is 0 Å². The van der Waals surface area contributed by atoms with Crippen LogP contribution in [0.3, 0.4) is 0 Å². The Labute approximate surface area is 77.2 Å². The predicted octanol–water partition coefficient (Wildman–Crippen LogP) is 1.52. The van der Waals surface area contributed by atoms with Gasteiger partial charge in [-0.1, -0.05) is 5.92 Å². The van der Waals surface area contributed by atoms with Crippen LogP contribution in [0.15, 0.2) is 6.20 Å². The van der Waals surface area contributed by atoms with Crippen molar-refractivity contribution in [2.24, 2.45) is 0 Å². The fourth-order valence-corrected chi connectivity index (χ4v) is 1.78. The normalized spacial score (nSPS) is 10.2. The summed E-state index contributed by atoms with van der Waals surface area (Å²) in [6.07, 6.45) is 7.07. The second-order valence-corrected chi connectivity index (χ2v) is 4.06. The van der Waals surface area contributed by atoms with Gasteiger partial charge in [-0.15, -0.1) is 17.8 Å². The first-order valence-electron chi connectivity index (χ1n) is 3.75. The zero-order valence-corrected chi connectivity index (χ0v) is 8.19. The van der Waals surface area contributed by atoms with Gasteiger partial charge < -0.3 is 0 Å². The molecule has 2 nitrogen and oxygen atoms in total. The molecule has 1 rings (SSSR count). The molecule has 1 aromatic heterocycles. The van der Waals surface area contributed by atoms with Crippen LogP contribution in [0.5, 0.6) is 0 Å². The van der Waals surface area contributed by atoms with Crippen LogP contribution in [-0.4, -0.2) is 23.5 Å². The summed E-state index contributed by atoms with van der Waals surface area (Å²) in [5, 5.41) is 1.13. The van der Waals surface area contributed by atoms with Gasteiger partial charge in [0.25, 0.3) is 0 Å². The van der Waals surface area contributed by atoms with Crippen molar-refractivity contribution in [1.29, 1.82) is 0 Å². The van der Waals surface area contributed by atoms with Gasteiger partial charge >= 0.3 is 0 Å². The average Bonchev–Trinajstić information content (AvgIpc) is 2.36. The molecule has 1 heterocycles. The minimum absolute atomic E-state index is 0.679. The van der Waals surface area contributed by atoms with Gasteiger partial charge in [-0.05, 0) is 14.0 Å². The monoisotopic (exact) mass is 180 g/mol. The second kappa shape index (κ2) is 4.24. The molecule has 3 heteroatoms. The molecule has 0 N–H and O–H groups in total. The van der Waals surface area contributed by atoms with Crippen LogP contribution < -0.4 is 0 Å². The number of hydrogen-bond donors (Lipinski definition) is 0. The molecular weight excluding hydrogens is 168 g/mol. The number of aromatic nitrogens is 1. The Hall–Kier alpha value is -0.850. The van der Waals surface area contributed by atoms with Crippen LogP contribution >= 0.6 is 11.3 Å². The van der Waals surface area contributed by atoms with Gasteiger partial charge in [-0.25, -0.2) is 4.98 Å². The Balaban J connectivity index is 2.47. The van der Waals surface area contributed by atoms with E-state index in [2.05, 4.69) is 22.7 Å². The molecule has 0 aliphatic carbocycles. The molecule has 1 aromatic rings. The summed E-state index contributed by atoms with van der Waals surface area (Å²) < 4.78 is 0. The molecule has 0 atom stereocenters. The average molecular weight is 180 g/mol. The second-order valence-electron chi connectivity index (χ2n) is 2.74. The third-order valence-electron chi connectivity index (χ3n) is 1.44.